The molecule has 0 bridgehead atoms. The summed E-state index contributed by atoms with van der Waals surface area (Å²) in [5, 5.41) is 11.1. The Hall–Kier alpha value is -1.83. The van der Waals surface area contributed by atoms with Crippen LogP contribution in [0.4, 0.5) is 0 Å². The van der Waals surface area contributed by atoms with Crippen LogP contribution in [0.5, 0.6) is 0 Å². The van der Waals surface area contributed by atoms with Gasteiger partial charge in [0.1, 0.15) is 0 Å². The van der Waals surface area contributed by atoms with Crippen molar-refractivity contribution < 1.29 is 9.21 Å². The molecule has 0 saturated carbocycles. The van der Waals surface area contributed by atoms with Crippen LogP contribution in [0.25, 0.3) is 11.5 Å². The second-order valence-electron chi connectivity index (χ2n) is 5.61. The van der Waals surface area contributed by atoms with Crippen LogP contribution in [0.15, 0.2) is 45.4 Å². The van der Waals surface area contributed by atoms with E-state index in [2.05, 4.69) is 21.6 Å². The van der Waals surface area contributed by atoms with E-state index >= 15 is 0 Å². The molecule has 25 heavy (non-hydrogen) atoms. The molecule has 0 unspecified atom stereocenters. The molecule has 1 aromatic carbocycles. The highest BCUT2D eigenvalue weighted by Crippen LogP contribution is 2.27. The number of aromatic nitrogens is 2. The van der Waals surface area contributed by atoms with Crippen molar-refractivity contribution in [2.24, 2.45) is 0 Å². The van der Waals surface area contributed by atoms with Crippen LogP contribution in [-0.4, -0.2) is 33.3 Å². The summed E-state index contributed by atoms with van der Waals surface area (Å²) in [6.07, 6.45) is 0.933. The van der Waals surface area contributed by atoms with Gasteiger partial charge in [0.25, 0.3) is 5.22 Å². The molecule has 128 valence electrons. The Kier molecular flexibility index (Phi) is 4.78. The van der Waals surface area contributed by atoms with Gasteiger partial charge in [0.15, 0.2) is 0 Å². The Labute approximate surface area is 158 Å². The Bertz CT molecular complexity index is 909. The van der Waals surface area contributed by atoms with E-state index in [0.29, 0.717) is 22.7 Å². The van der Waals surface area contributed by atoms with Gasteiger partial charge in [-0.1, -0.05) is 29.4 Å². The van der Waals surface area contributed by atoms with Gasteiger partial charge in [0.05, 0.1) is 5.75 Å². The predicted octanol–water partition coefficient (Wildman–Crippen LogP) is 4.13. The van der Waals surface area contributed by atoms with E-state index < -0.39 is 0 Å². The highest BCUT2D eigenvalue weighted by Gasteiger charge is 2.22. The van der Waals surface area contributed by atoms with E-state index in [9.17, 15) is 4.79 Å². The molecule has 3 heterocycles. The number of rotatable bonds is 4. The number of thioether (sulfide) groups is 1. The van der Waals surface area contributed by atoms with Crippen molar-refractivity contribution >= 4 is 40.6 Å². The molecular formula is C17H14ClN3O2S2. The van der Waals surface area contributed by atoms with Crippen LogP contribution in [-0.2, 0) is 17.8 Å². The summed E-state index contributed by atoms with van der Waals surface area (Å²) in [6, 6.07) is 9.33. The summed E-state index contributed by atoms with van der Waals surface area (Å²) in [7, 11) is 0. The lowest BCUT2D eigenvalue weighted by Gasteiger charge is -2.26. The monoisotopic (exact) mass is 391 g/mol. The Morgan fingerprint density at radius 1 is 1.36 bits per heavy atom. The van der Waals surface area contributed by atoms with Crippen LogP contribution >= 0.6 is 34.7 Å². The van der Waals surface area contributed by atoms with Crippen molar-refractivity contribution in [1.29, 1.82) is 0 Å². The summed E-state index contributed by atoms with van der Waals surface area (Å²) in [6.45, 7) is 1.46. The van der Waals surface area contributed by atoms with Gasteiger partial charge in [0.2, 0.25) is 11.8 Å². The molecule has 0 N–H and O–H groups in total. The third-order valence-electron chi connectivity index (χ3n) is 3.96. The molecule has 1 aliphatic rings. The lowest BCUT2D eigenvalue weighted by atomic mass is 10.1. The number of halogens is 1. The van der Waals surface area contributed by atoms with Crippen LogP contribution in [0, 0.1) is 0 Å². The first-order valence-electron chi connectivity index (χ1n) is 7.74. The molecule has 0 atom stereocenters. The summed E-state index contributed by atoms with van der Waals surface area (Å²) < 4.78 is 5.62. The van der Waals surface area contributed by atoms with E-state index in [1.165, 1.54) is 22.2 Å². The zero-order valence-corrected chi connectivity index (χ0v) is 15.5. The number of carbonyl (C=O) groups excluding carboxylic acids is 1. The first kappa shape index (κ1) is 16.6. The SMILES string of the molecule is O=C(CSc1nnc(-c2cccc(Cl)c2)o1)N1CCc2sccc2C1. The number of benzene rings is 1. The highest BCUT2D eigenvalue weighted by atomic mass is 35.5. The largest absolute Gasteiger partial charge is 0.411 e. The smallest absolute Gasteiger partial charge is 0.277 e. The van der Waals surface area contributed by atoms with Crippen molar-refractivity contribution in [3.8, 4) is 11.5 Å². The van der Waals surface area contributed by atoms with Gasteiger partial charge in [0, 0.05) is 28.6 Å². The molecular weight excluding hydrogens is 378 g/mol. The molecule has 1 amide bonds. The van der Waals surface area contributed by atoms with Gasteiger partial charge >= 0.3 is 0 Å². The number of thiophene rings is 1. The number of nitrogens with zero attached hydrogens (tertiary/aromatic N) is 3. The van der Waals surface area contributed by atoms with E-state index in [-0.39, 0.29) is 11.7 Å². The number of fused-ring (bicyclic) bond motifs is 1. The fourth-order valence-electron chi connectivity index (χ4n) is 2.68. The average molecular weight is 392 g/mol. The van der Waals surface area contributed by atoms with Gasteiger partial charge in [-0.15, -0.1) is 21.5 Å². The molecule has 4 rings (SSSR count). The molecule has 0 spiro atoms. The standard InChI is InChI=1S/C17H14ClN3O2S2/c18-13-3-1-2-11(8-13)16-19-20-17(23-16)25-10-15(22)21-6-4-14-12(9-21)5-7-24-14/h1-3,5,7-8H,4,6,9-10H2. The average Bonchev–Trinajstić information content (AvgIpc) is 3.28. The van der Waals surface area contributed by atoms with E-state index in [1.54, 1.807) is 23.5 Å². The Morgan fingerprint density at radius 2 is 2.28 bits per heavy atom. The minimum atomic E-state index is 0.0874. The zero-order chi connectivity index (χ0) is 17.2. The lowest BCUT2D eigenvalue weighted by Crippen LogP contribution is -2.36. The molecule has 1 aliphatic heterocycles. The van der Waals surface area contributed by atoms with E-state index in [0.717, 1.165) is 18.5 Å². The fraction of sp³-hybridized carbons (Fsp3) is 0.235. The normalized spacial score (nSPS) is 13.7. The zero-order valence-electron chi connectivity index (χ0n) is 13.1. The third-order valence-corrected chi connectivity index (χ3v) is 6.02. The molecule has 3 aromatic rings. The molecule has 5 nitrogen and oxygen atoms in total. The lowest BCUT2D eigenvalue weighted by molar-refractivity contribution is -0.129. The number of carbonyl (C=O) groups is 1. The number of amides is 1. The summed E-state index contributed by atoms with van der Waals surface area (Å²) in [5.74, 6) is 0.777. The number of hydrogen-bond acceptors (Lipinski definition) is 6. The second-order valence-corrected chi connectivity index (χ2v) is 7.97. The Balaban J connectivity index is 1.37. The summed E-state index contributed by atoms with van der Waals surface area (Å²) in [5.41, 5.74) is 2.02. The van der Waals surface area contributed by atoms with Crippen molar-refractivity contribution in [1.82, 2.24) is 15.1 Å². The Morgan fingerprint density at radius 3 is 3.16 bits per heavy atom. The first-order valence-corrected chi connectivity index (χ1v) is 9.98. The summed E-state index contributed by atoms with van der Waals surface area (Å²) >= 11 is 9.00. The molecule has 0 radical (unpaired) electrons. The maximum absolute atomic E-state index is 12.4. The maximum Gasteiger partial charge on any atom is 0.277 e. The number of hydrogen-bond donors (Lipinski definition) is 0. The van der Waals surface area contributed by atoms with E-state index in [4.69, 9.17) is 16.0 Å². The molecule has 8 heteroatoms. The van der Waals surface area contributed by atoms with Crippen LogP contribution in [0.2, 0.25) is 5.02 Å². The van der Waals surface area contributed by atoms with Gasteiger partial charge in [-0.05, 0) is 41.6 Å². The van der Waals surface area contributed by atoms with Crippen molar-refractivity contribution in [3.05, 3.63) is 51.2 Å². The van der Waals surface area contributed by atoms with Crippen molar-refractivity contribution in [3.63, 3.8) is 0 Å². The van der Waals surface area contributed by atoms with Crippen LogP contribution in [0.3, 0.4) is 0 Å². The van der Waals surface area contributed by atoms with Crippen molar-refractivity contribution in [2.45, 2.75) is 18.2 Å². The molecule has 0 aliphatic carbocycles. The third kappa shape index (κ3) is 3.73. The first-order chi connectivity index (χ1) is 12.2. The fourth-order valence-corrected chi connectivity index (χ4v) is 4.43. The van der Waals surface area contributed by atoms with Gasteiger partial charge in [-0.3, -0.25) is 4.79 Å². The van der Waals surface area contributed by atoms with Crippen LogP contribution in [0.1, 0.15) is 10.4 Å². The molecule has 0 saturated heterocycles. The van der Waals surface area contributed by atoms with Gasteiger partial charge in [-0.25, -0.2) is 0 Å². The quantitative estimate of drug-likeness (QED) is 0.626. The van der Waals surface area contributed by atoms with Gasteiger partial charge < -0.3 is 9.32 Å². The minimum Gasteiger partial charge on any atom is -0.411 e. The van der Waals surface area contributed by atoms with Crippen molar-refractivity contribution in [2.75, 3.05) is 12.3 Å². The predicted molar refractivity (Wildman–Crippen MR) is 98.9 cm³/mol. The highest BCUT2D eigenvalue weighted by molar-refractivity contribution is 7.99. The maximum atomic E-state index is 12.4. The second kappa shape index (κ2) is 7.19. The molecule has 0 fully saturated rings. The summed E-state index contributed by atoms with van der Waals surface area (Å²) in [4.78, 5) is 15.7. The van der Waals surface area contributed by atoms with E-state index in [1.807, 2.05) is 17.0 Å². The topological polar surface area (TPSA) is 59.2 Å². The minimum absolute atomic E-state index is 0.0874. The molecule has 2 aromatic heterocycles. The van der Waals surface area contributed by atoms with Crippen LogP contribution < -0.4 is 0 Å². The van der Waals surface area contributed by atoms with Gasteiger partial charge in [-0.2, -0.15) is 0 Å².